The van der Waals surface area contributed by atoms with E-state index in [2.05, 4.69) is 10.6 Å². The molecule has 1 aliphatic heterocycles. The fourth-order valence-electron chi connectivity index (χ4n) is 3.33. The smallest absolute Gasteiger partial charge is 0.315 e. The highest BCUT2D eigenvalue weighted by Gasteiger charge is 2.43. The van der Waals surface area contributed by atoms with Crippen LogP contribution < -0.4 is 10.6 Å². The van der Waals surface area contributed by atoms with Crippen molar-refractivity contribution >= 4 is 17.9 Å². The molecule has 1 heterocycles. The van der Waals surface area contributed by atoms with Crippen LogP contribution in [-0.4, -0.2) is 47.0 Å². The van der Waals surface area contributed by atoms with Crippen molar-refractivity contribution in [3.05, 3.63) is 35.4 Å². The van der Waals surface area contributed by atoms with Crippen LogP contribution in [0.15, 0.2) is 24.3 Å². The Bertz CT molecular complexity index is 717. The Morgan fingerprint density at radius 1 is 1.21 bits per heavy atom. The summed E-state index contributed by atoms with van der Waals surface area (Å²) in [7, 11) is 0. The van der Waals surface area contributed by atoms with Crippen molar-refractivity contribution in [1.82, 2.24) is 15.5 Å². The van der Waals surface area contributed by atoms with Crippen LogP contribution in [0, 0.1) is 18.3 Å². The zero-order valence-corrected chi connectivity index (χ0v) is 17.1. The summed E-state index contributed by atoms with van der Waals surface area (Å²) in [6.45, 7) is 8.55. The molecule has 7 heteroatoms. The maximum atomic E-state index is 12.9. The highest BCUT2D eigenvalue weighted by Crippen LogP contribution is 2.30. The second-order valence-electron chi connectivity index (χ2n) is 8.37. The molecule has 0 aliphatic carbocycles. The van der Waals surface area contributed by atoms with Gasteiger partial charge in [-0.1, -0.05) is 43.7 Å². The van der Waals surface area contributed by atoms with Crippen molar-refractivity contribution in [2.75, 3.05) is 13.1 Å². The number of carboxylic acids is 1. The first-order valence-electron chi connectivity index (χ1n) is 9.73. The van der Waals surface area contributed by atoms with Crippen molar-refractivity contribution < 1.29 is 19.5 Å². The van der Waals surface area contributed by atoms with E-state index in [9.17, 15) is 19.5 Å². The van der Waals surface area contributed by atoms with Gasteiger partial charge < -0.3 is 20.6 Å². The number of aliphatic carboxylic acids is 1. The third-order valence-corrected chi connectivity index (χ3v) is 5.19. The lowest BCUT2D eigenvalue weighted by atomic mass is 9.90. The minimum absolute atomic E-state index is 0.169. The van der Waals surface area contributed by atoms with Gasteiger partial charge >= 0.3 is 12.0 Å². The molecule has 0 saturated carbocycles. The molecule has 1 fully saturated rings. The first kappa shape index (κ1) is 21.7. The fraction of sp³-hybridized carbons (Fsp3) is 0.571. The predicted octanol–water partition coefficient (Wildman–Crippen LogP) is 2.53. The number of likely N-dealkylation sites (tertiary alicyclic amines) is 1. The van der Waals surface area contributed by atoms with Gasteiger partial charge in [0.15, 0.2) is 0 Å². The van der Waals surface area contributed by atoms with Gasteiger partial charge in [0.2, 0.25) is 5.91 Å². The van der Waals surface area contributed by atoms with Crippen molar-refractivity contribution in [1.29, 1.82) is 0 Å². The van der Waals surface area contributed by atoms with Gasteiger partial charge in [-0.3, -0.25) is 9.59 Å². The molecule has 1 aliphatic rings. The molecule has 28 heavy (non-hydrogen) atoms. The third-order valence-electron chi connectivity index (χ3n) is 5.19. The first-order chi connectivity index (χ1) is 13.1. The first-order valence-corrected chi connectivity index (χ1v) is 9.73. The maximum absolute atomic E-state index is 12.9. The summed E-state index contributed by atoms with van der Waals surface area (Å²) in [5.74, 6) is -0.907. The van der Waals surface area contributed by atoms with E-state index in [0.29, 0.717) is 25.9 Å². The number of rotatable bonds is 7. The van der Waals surface area contributed by atoms with E-state index >= 15 is 0 Å². The zero-order valence-electron chi connectivity index (χ0n) is 17.1. The van der Waals surface area contributed by atoms with Gasteiger partial charge in [0.25, 0.3) is 0 Å². The normalized spacial score (nSPS) is 20.1. The molecule has 3 amide bonds. The maximum Gasteiger partial charge on any atom is 0.315 e. The lowest BCUT2D eigenvalue weighted by Crippen LogP contribution is -2.51. The van der Waals surface area contributed by atoms with Crippen LogP contribution in [-0.2, 0) is 16.1 Å². The zero-order chi connectivity index (χ0) is 20.9. The molecular formula is C21H31N3O4. The van der Waals surface area contributed by atoms with Crippen molar-refractivity contribution in [3.8, 4) is 0 Å². The number of nitrogens with zero attached hydrogens (tertiary/aromatic N) is 1. The number of amides is 3. The monoisotopic (exact) mass is 389 g/mol. The molecule has 154 valence electrons. The highest BCUT2D eigenvalue weighted by atomic mass is 16.4. The average molecular weight is 389 g/mol. The van der Waals surface area contributed by atoms with Gasteiger partial charge in [-0.2, -0.15) is 0 Å². The molecule has 2 unspecified atom stereocenters. The van der Waals surface area contributed by atoms with Crippen LogP contribution in [0.4, 0.5) is 4.79 Å². The van der Waals surface area contributed by atoms with Crippen molar-refractivity contribution in [2.45, 2.75) is 53.1 Å². The van der Waals surface area contributed by atoms with E-state index in [1.807, 2.05) is 45.0 Å². The Morgan fingerprint density at radius 2 is 1.86 bits per heavy atom. The Balaban J connectivity index is 1.96. The van der Waals surface area contributed by atoms with Crippen LogP contribution in [0.2, 0.25) is 0 Å². The second kappa shape index (κ2) is 9.08. The number of hydrogen-bond acceptors (Lipinski definition) is 3. The number of hydrogen-bond donors (Lipinski definition) is 3. The number of nitrogens with one attached hydrogen (secondary N) is 2. The Kier molecular flexibility index (Phi) is 7.05. The lowest BCUT2D eigenvalue weighted by Gasteiger charge is -2.26. The molecule has 3 N–H and O–H groups in total. The van der Waals surface area contributed by atoms with E-state index in [1.165, 1.54) is 0 Å². The highest BCUT2D eigenvalue weighted by molar-refractivity contribution is 5.88. The molecule has 1 saturated heterocycles. The topological polar surface area (TPSA) is 98.7 Å². The Labute approximate surface area is 166 Å². The fourth-order valence-corrected chi connectivity index (χ4v) is 3.33. The van der Waals surface area contributed by atoms with E-state index in [4.69, 9.17) is 0 Å². The SMILES string of the molecule is Cc1ccc(CNC(=O)NC(CC(C)C)C(=O)N2CCC(C)(C(=O)O)C2)cc1. The number of carboxylic acid groups (broad SMARTS) is 1. The molecule has 0 bridgehead atoms. The van der Waals surface area contributed by atoms with E-state index in [1.54, 1.807) is 11.8 Å². The number of carbonyl (C=O) groups is 3. The summed E-state index contributed by atoms with van der Waals surface area (Å²) in [5, 5.41) is 14.9. The molecule has 2 rings (SSSR count). The molecule has 2 atom stereocenters. The van der Waals surface area contributed by atoms with Crippen molar-refractivity contribution in [2.24, 2.45) is 11.3 Å². The number of carbonyl (C=O) groups excluding carboxylic acids is 2. The summed E-state index contributed by atoms with van der Waals surface area (Å²) in [6.07, 6.45) is 0.916. The summed E-state index contributed by atoms with van der Waals surface area (Å²) in [5.41, 5.74) is 1.20. The van der Waals surface area contributed by atoms with Crippen LogP contribution in [0.3, 0.4) is 0 Å². The number of benzene rings is 1. The molecule has 7 nitrogen and oxygen atoms in total. The summed E-state index contributed by atoms with van der Waals surface area (Å²) in [6, 6.07) is 6.78. The minimum atomic E-state index is -0.925. The van der Waals surface area contributed by atoms with Gasteiger partial charge in [-0.05, 0) is 38.2 Å². The molecule has 0 radical (unpaired) electrons. The second-order valence-corrected chi connectivity index (χ2v) is 8.37. The van der Waals surface area contributed by atoms with Crippen LogP contribution in [0.1, 0.15) is 44.7 Å². The minimum Gasteiger partial charge on any atom is -0.481 e. The molecule has 1 aromatic rings. The van der Waals surface area contributed by atoms with E-state index < -0.39 is 23.5 Å². The molecule has 0 spiro atoms. The summed E-state index contributed by atoms with van der Waals surface area (Å²) >= 11 is 0. The summed E-state index contributed by atoms with van der Waals surface area (Å²) < 4.78 is 0. The Morgan fingerprint density at radius 3 is 2.39 bits per heavy atom. The predicted molar refractivity (Wildman–Crippen MR) is 107 cm³/mol. The van der Waals surface area contributed by atoms with E-state index in [-0.39, 0.29) is 18.4 Å². The van der Waals surface area contributed by atoms with Gasteiger partial charge in [-0.15, -0.1) is 0 Å². The Hall–Kier alpha value is -2.57. The summed E-state index contributed by atoms with van der Waals surface area (Å²) in [4.78, 5) is 38.3. The number of urea groups is 1. The molecule has 1 aromatic carbocycles. The third kappa shape index (κ3) is 5.71. The largest absolute Gasteiger partial charge is 0.481 e. The van der Waals surface area contributed by atoms with Crippen LogP contribution in [0.5, 0.6) is 0 Å². The van der Waals surface area contributed by atoms with Crippen LogP contribution >= 0.6 is 0 Å². The lowest BCUT2D eigenvalue weighted by molar-refractivity contribution is -0.147. The molecule has 0 aromatic heterocycles. The average Bonchev–Trinajstić information content (AvgIpc) is 3.03. The quantitative estimate of drug-likeness (QED) is 0.667. The van der Waals surface area contributed by atoms with Gasteiger partial charge in [0.1, 0.15) is 6.04 Å². The van der Waals surface area contributed by atoms with Gasteiger partial charge in [0, 0.05) is 19.6 Å². The van der Waals surface area contributed by atoms with E-state index in [0.717, 1.165) is 11.1 Å². The van der Waals surface area contributed by atoms with Gasteiger partial charge in [-0.25, -0.2) is 4.79 Å². The van der Waals surface area contributed by atoms with Crippen LogP contribution in [0.25, 0.3) is 0 Å². The number of aryl methyl sites for hydroxylation is 1. The standard InChI is InChI=1S/C21H31N3O4/c1-14(2)11-17(18(25)24-10-9-21(4,13-24)19(26)27)23-20(28)22-12-16-7-5-15(3)6-8-16/h5-8,14,17H,9-13H2,1-4H3,(H,26,27)(H2,22,23,28). The van der Waals surface area contributed by atoms with Crippen molar-refractivity contribution in [3.63, 3.8) is 0 Å². The molecular weight excluding hydrogens is 358 g/mol. The van der Waals surface area contributed by atoms with Gasteiger partial charge in [0.05, 0.1) is 5.41 Å².